The maximum atomic E-state index is 11.3. The molecule has 0 aliphatic carbocycles. The molecule has 0 aliphatic heterocycles. The van der Waals surface area contributed by atoms with Crippen molar-refractivity contribution in [1.29, 1.82) is 0 Å². The number of hydrogen-bond donors (Lipinski definition) is 2. The summed E-state index contributed by atoms with van der Waals surface area (Å²) in [5.41, 5.74) is 0.415. The van der Waals surface area contributed by atoms with Gasteiger partial charge >= 0.3 is 11.1 Å². The highest BCUT2D eigenvalue weighted by molar-refractivity contribution is 9.11. The molecule has 0 aliphatic rings. The van der Waals surface area contributed by atoms with E-state index in [9.17, 15) is 9.59 Å². The van der Waals surface area contributed by atoms with Gasteiger partial charge in [0.1, 0.15) is 4.83 Å². The number of rotatable bonds is 0. The van der Waals surface area contributed by atoms with Crippen molar-refractivity contribution in [1.82, 2.24) is 9.97 Å². The number of nitrogens with one attached hydrogen (secondary N) is 2. The molecule has 2 N–H and O–H groups in total. The minimum Gasteiger partial charge on any atom is -0.315 e. The summed E-state index contributed by atoms with van der Waals surface area (Å²) in [5, 5.41) is 0. The first kappa shape index (κ1) is 11.6. The zero-order valence-corrected chi connectivity index (χ0v) is 11.5. The molecular weight excluding hydrogens is 292 g/mol. The molecule has 0 spiro atoms. The summed E-state index contributed by atoms with van der Waals surface area (Å²) >= 11 is 4.89. The van der Waals surface area contributed by atoms with E-state index in [4.69, 9.17) is 0 Å². The van der Waals surface area contributed by atoms with Crippen LogP contribution >= 0.6 is 27.3 Å². The quantitative estimate of drug-likeness (QED) is 0.734. The van der Waals surface area contributed by atoms with Gasteiger partial charge in [-0.05, 0) is 21.3 Å². The van der Waals surface area contributed by atoms with Crippen LogP contribution in [-0.2, 0) is 5.41 Å². The standard InChI is InChI=1S/C10H11BrN2O2S/c1-10(2,3)4-5-9(16-6(4)11)13-8(15)7(14)12-5/h1-3H3,(H,12,14)(H,13,15). The van der Waals surface area contributed by atoms with Gasteiger partial charge < -0.3 is 9.97 Å². The summed E-state index contributed by atoms with van der Waals surface area (Å²) < 4.78 is 0.938. The largest absolute Gasteiger partial charge is 0.315 e. The summed E-state index contributed by atoms with van der Waals surface area (Å²) in [5.74, 6) is 0. The van der Waals surface area contributed by atoms with Crippen molar-refractivity contribution in [2.24, 2.45) is 0 Å². The first-order valence-corrected chi connectivity index (χ1v) is 6.36. The Morgan fingerprint density at radius 1 is 1.12 bits per heavy atom. The highest BCUT2D eigenvalue weighted by atomic mass is 79.9. The van der Waals surface area contributed by atoms with Crippen LogP contribution in [0.3, 0.4) is 0 Å². The monoisotopic (exact) mass is 302 g/mol. The lowest BCUT2D eigenvalue weighted by Crippen LogP contribution is -2.29. The van der Waals surface area contributed by atoms with Crippen LogP contribution in [0.25, 0.3) is 10.3 Å². The van der Waals surface area contributed by atoms with Gasteiger partial charge in [0, 0.05) is 5.56 Å². The Morgan fingerprint density at radius 3 is 2.25 bits per heavy atom. The van der Waals surface area contributed by atoms with E-state index < -0.39 is 11.1 Å². The van der Waals surface area contributed by atoms with E-state index in [0.29, 0.717) is 10.3 Å². The molecule has 4 nitrogen and oxygen atoms in total. The lowest BCUT2D eigenvalue weighted by atomic mass is 9.89. The Morgan fingerprint density at radius 2 is 1.69 bits per heavy atom. The van der Waals surface area contributed by atoms with Crippen LogP contribution in [0.2, 0.25) is 0 Å². The maximum Gasteiger partial charge on any atom is 0.314 e. The Hall–Kier alpha value is -0.880. The molecule has 16 heavy (non-hydrogen) atoms. The van der Waals surface area contributed by atoms with Gasteiger partial charge in [0.15, 0.2) is 0 Å². The number of halogens is 1. The van der Waals surface area contributed by atoms with Gasteiger partial charge in [0.25, 0.3) is 0 Å². The molecule has 0 saturated heterocycles. The number of aromatic amines is 2. The highest BCUT2D eigenvalue weighted by Crippen LogP contribution is 2.39. The number of H-pyrrole nitrogens is 2. The minimum atomic E-state index is -0.610. The van der Waals surface area contributed by atoms with E-state index in [1.54, 1.807) is 0 Å². The van der Waals surface area contributed by atoms with Crippen molar-refractivity contribution >= 4 is 37.6 Å². The second kappa shape index (κ2) is 3.56. The van der Waals surface area contributed by atoms with Crippen LogP contribution in [-0.4, -0.2) is 9.97 Å². The van der Waals surface area contributed by atoms with Crippen LogP contribution in [0.15, 0.2) is 13.4 Å². The second-order valence-electron chi connectivity index (χ2n) is 4.61. The van der Waals surface area contributed by atoms with E-state index in [0.717, 1.165) is 9.35 Å². The zero-order chi connectivity index (χ0) is 12.1. The molecule has 0 unspecified atom stereocenters. The summed E-state index contributed by atoms with van der Waals surface area (Å²) in [6.45, 7) is 6.17. The molecular formula is C10H11BrN2O2S. The van der Waals surface area contributed by atoms with E-state index in [-0.39, 0.29) is 5.41 Å². The van der Waals surface area contributed by atoms with Crippen LogP contribution in [0.5, 0.6) is 0 Å². The third-order valence-electron chi connectivity index (χ3n) is 2.29. The first-order valence-electron chi connectivity index (χ1n) is 4.76. The van der Waals surface area contributed by atoms with Crippen LogP contribution < -0.4 is 11.1 Å². The average Bonchev–Trinajstić information content (AvgIpc) is 2.40. The van der Waals surface area contributed by atoms with Gasteiger partial charge in [-0.1, -0.05) is 20.8 Å². The first-order chi connectivity index (χ1) is 7.30. The maximum absolute atomic E-state index is 11.3. The molecule has 6 heteroatoms. The summed E-state index contributed by atoms with van der Waals surface area (Å²) in [4.78, 5) is 28.4. The Kier molecular flexibility index (Phi) is 2.58. The van der Waals surface area contributed by atoms with Gasteiger partial charge in [0.2, 0.25) is 0 Å². The van der Waals surface area contributed by atoms with Crippen LogP contribution in [0, 0.1) is 0 Å². The molecule has 2 rings (SSSR count). The fourth-order valence-corrected chi connectivity index (χ4v) is 3.98. The molecule has 0 aromatic carbocycles. The number of hydrogen-bond acceptors (Lipinski definition) is 3. The van der Waals surface area contributed by atoms with Crippen molar-refractivity contribution in [2.75, 3.05) is 0 Å². The molecule has 0 saturated carbocycles. The van der Waals surface area contributed by atoms with Crippen molar-refractivity contribution in [3.05, 3.63) is 30.1 Å². The predicted molar refractivity (Wildman–Crippen MR) is 69.5 cm³/mol. The van der Waals surface area contributed by atoms with Gasteiger partial charge in [-0.15, -0.1) is 11.3 Å². The third kappa shape index (κ3) is 1.76. The van der Waals surface area contributed by atoms with Gasteiger partial charge in [-0.3, -0.25) is 9.59 Å². The molecule has 2 heterocycles. The number of thiophene rings is 1. The Bertz CT molecular complexity index is 660. The third-order valence-corrected chi connectivity index (χ3v) is 4.06. The van der Waals surface area contributed by atoms with Gasteiger partial charge in [0.05, 0.1) is 9.30 Å². The molecule has 0 bridgehead atoms. The average molecular weight is 303 g/mol. The van der Waals surface area contributed by atoms with E-state index in [2.05, 4.69) is 46.7 Å². The second-order valence-corrected chi connectivity index (χ2v) is 6.95. The molecule has 0 amide bonds. The van der Waals surface area contributed by atoms with E-state index in [1.165, 1.54) is 11.3 Å². The van der Waals surface area contributed by atoms with Crippen molar-refractivity contribution < 1.29 is 0 Å². The molecule has 0 fully saturated rings. The summed E-state index contributed by atoms with van der Waals surface area (Å²) in [6.07, 6.45) is 0. The number of fused-ring (bicyclic) bond motifs is 1. The molecule has 86 valence electrons. The lowest BCUT2D eigenvalue weighted by molar-refractivity contribution is 0.594. The molecule has 0 radical (unpaired) electrons. The van der Waals surface area contributed by atoms with Crippen LogP contribution in [0.1, 0.15) is 26.3 Å². The fraction of sp³-hybridized carbons (Fsp3) is 0.400. The van der Waals surface area contributed by atoms with Crippen molar-refractivity contribution in [3.8, 4) is 0 Å². The van der Waals surface area contributed by atoms with Gasteiger partial charge in [-0.2, -0.15) is 0 Å². The van der Waals surface area contributed by atoms with E-state index in [1.807, 2.05) is 0 Å². The van der Waals surface area contributed by atoms with E-state index >= 15 is 0 Å². The fourth-order valence-electron chi connectivity index (χ4n) is 1.61. The molecule has 2 aromatic rings. The molecule has 0 atom stereocenters. The SMILES string of the molecule is CC(C)(C)c1c(Br)sc2[nH]c(=O)c(=O)[nH]c12. The minimum absolute atomic E-state index is 0.0989. The lowest BCUT2D eigenvalue weighted by Gasteiger charge is -2.18. The summed E-state index contributed by atoms with van der Waals surface area (Å²) in [6, 6.07) is 0. The zero-order valence-electron chi connectivity index (χ0n) is 9.10. The van der Waals surface area contributed by atoms with Gasteiger partial charge in [-0.25, -0.2) is 0 Å². The topological polar surface area (TPSA) is 65.7 Å². The smallest absolute Gasteiger partial charge is 0.314 e. The highest BCUT2D eigenvalue weighted by Gasteiger charge is 2.23. The Balaban J connectivity index is 2.96. The van der Waals surface area contributed by atoms with Crippen molar-refractivity contribution in [2.45, 2.75) is 26.2 Å². The molecule has 2 aromatic heterocycles. The predicted octanol–water partition coefficient (Wildman–Crippen LogP) is 2.34. The van der Waals surface area contributed by atoms with Crippen molar-refractivity contribution in [3.63, 3.8) is 0 Å². The Labute approximate surface area is 104 Å². The van der Waals surface area contributed by atoms with Crippen LogP contribution in [0.4, 0.5) is 0 Å². The normalized spacial score (nSPS) is 12.2. The number of aromatic nitrogens is 2. The summed E-state index contributed by atoms with van der Waals surface area (Å²) in [7, 11) is 0.